The Bertz CT molecular complexity index is 635. The first-order valence-electron chi connectivity index (χ1n) is 10.5. The largest absolute Gasteiger partial charge is 0.497 e. The van der Waals surface area contributed by atoms with Gasteiger partial charge in [-0.15, -0.1) is 0 Å². The van der Waals surface area contributed by atoms with Crippen molar-refractivity contribution in [2.24, 2.45) is 0 Å². The van der Waals surface area contributed by atoms with Crippen LogP contribution in [0, 0.1) is 0 Å². The summed E-state index contributed by atoms with van der Waals surface area (Å²) in [7, 11) is 3.22. The van der Waals surface area contributed by atoms with Gasteiger partial charge in [0, 0.05) is 35.8 Å². The summed E-state index contributed by atoms with van der Waals surface area (Å²) in [6.07, 6.45) is 11.6. The Morgan fingerprint density at radius 3 is 2.00 bits per heavy atom. The first-order valence-corrected chi connectivity index (χ1v) is 10.5. The fraction of sp³-hybridized carbons (Fsp3) is 0.682. The first kappa shape index (κ1) is 18.6. The molecular weight excluding hydrogens is 340 g/mol. The van der Waals surface area contributed by atoms with Gasteiger partial charge in [0.1, 0.15) is 11.5 Å². The van der Waals surface area contributed by atoms with E-state index >= 15 is 0 Å². The van der Waals surface area contributed by atoms with Crippen LogP contribution in [0.4, 0.5) is 0 Å². The topological polar surface area (TPSA) is 50.8 Å². The van der Waals surface area contributed by atoms with Crippen LogP contribution in [0.25, 0.3) is 0 Å². The number of hydrogen-bond donors (Lipinski definition) is 1. The molecule has 2 bridgehead atoms. The summed E-state index contributed by atoms with van der Waals surface area (Å²) in [5.41, 5.74) is 0.606. The van der Waals surface area contributed by atoms with Crippen LogP contribution in [-0.4, -0.2) is 49.2 Å². The molecule has 4 rings (SSSR count). The number of nitrogens with zero attached hydrogens (tertiary/aromatic N) is 1. The third-order valence-corrected chi connectivity index (χ3v) is 6.73. The van der Waals surface area contributed by atoms with Crippen LogP contribution in [0.15, 0.2) is 18.2 Å². The molecule has 2 saturated heterocycles. The number of carbonyl (C=O) groups excluding carboxylic acids is 1. The number of piperidine rings is 2. The van der Waals surface area contributed by atoms with E-state index in [4.69, 9.17) is 9.47 Å². The number of amides is 1. The molecule has 27 heavy (non-hydrogen) atoms. The van der Waals surface area contributed by atoms with Gasteiger partial charge in [0.05, 0.1) is 14.2 Å². The number of nitrogens with one attached hydrogen (secondary N) is 1. The zero-order valence-corrected chi connectivity index (χ0v) is 16.6. The molecule has 3 aliphatic rings. The van der Waals surface area contributed by atoms with E-state index < -0.39 is 0 Å². The van der Waals surface area contributed by atoms with Gasteiger partial charge in [0.2, 0.25) is 0 Å². The average Bonchev–Trinajstić information content (AvgIpc) is 3.21. The highest BCUT2D eigenvalue weighted by atomic mass is 16.5. The van der Waals surface area contributed by atoms with Crippen LogP contribution in [0.3, 0.4) is 0 Å². The van der Waals surface area contributed by atoms with E-state index in [9.17, 15) is 4.79 Å². The van der Waals surface area contributed by atoms with E-state index in [0.717, 1.165) is 18.9 Å². The molecule has 1 unspecified atom stereocenters. The zero-order valence-electron chi connectivity index (χ0n) is 16.6. The lowest BCUT2D eigenvalue weighted by molar-refractivity contribution is -0.00807. The highest BCUT2D eigenvalue weighted by Gasteiger charge is 2.42. The van der Waals surface area contributed by atoms with E-state index in [0.29, 0.717) is 29.1 Å². The molecule has 3 fully saturated rings. The summed E-state index contributed by atoms with van der Waals surface area (Å²) in [6, 6.07) is 7.71. The minimum Gasteiger partial charge on any atom is -0.497 e. The predicted molar refractivity (Wildman–Crippen MR) is 106 cm³/mol. The number of ether oxygens (including phenoxy) is 2. The molecule has 1 aromatic rings. The van der Waals surface area contributed by atoms with Crippen molar-refractivity contribution in [2.45, 2.75) is 82.0 Å². The molecule has 2 heterocycles. The molecule has 1 saturated carbocycles. The van der Waals surface area contributed by atoms with Gasteiger partial charge < -0.3 is 14.8 Å². The molecule has 0 aromatic heterocycles. The normalized spacial score (nSPS) is 28.7. The summed E-state index contributed by atoms with van der Waals surface area (Å²) in [5, 5.41) is 3.30. The summed E-state index contributed by atoms with van der Waals surface area (Å²) >= 11 is 0. The van der Waals surface area contributed by atoms with Crippen molar-refractivity contribution in [1.82, 2.24) is 10.2 Å². The number of fused-ring (bicyclic) bond motifs is 2. The zero-order chi connectivity index (χ0) is 18.8. The Balaban J connectivity index is 1.44. The molecule has 2 aliphatic heterocycles. The second-order valence-electron chi connectivity index (χ2n) is 8.37. The molecular formula is C22H32N2O3. The maximum Gasteiger partial charge on any atom is 0.251 e. The lowest BCUT2D eigenvalue weighted by Gasteiger charge is -2.51. The molecule has 3 atom stereocenters. The van der Waals surface area contributed by atoms with Gasteiger partial charge >= 0.3 is 0 Å². The molecule has 5 heteroatoms. The van der Waals surface area contributed by atoms with Crippen molar-refractivity contribution in [2.75, 3.05) is 14.2 Å². The Morgan fingerprint density at radius 1 is 0.889 bits per heavy atom. The van der Waals surface area contributed by atoms with Crippen LogP contribution in [0.1, 0.15) is 68.1 Å². The fourth-order valence-corrected chi connectivity index (χ4v) is 5.54. The summed E-state index contributed by atoms with van der Waals surface area (Å²) < 4.78 is 10.6. The van der Waals surface area contributed by atoms with E-state index in [-0.39, 0.29) is 11.9 Å². The molecule has 1 aliphatic carbocycles. The molecule has 1 amide bonds. The van der Waals surface area contributed by atoms with Crippen molar-refractivity contribution in [3.8, 4) is 11.5 Å². The molecule has 1 N–H and O–H groups in total. The quantitative estimate of drug-likeness (QED) is 0.855. The van der Waals surface area contributed by atoms with E-state index in [2.05, 4.69) is 10.2 Å². The molecule has 0 radical (unpaired) electrons. The van der Waals surface area contributed by atoms with Crippen molar-refractivity contribution >= 4 is 5.91 Å². The van der Waals surface area contributed by atoms with Crippen LogP contribution < -0.4 is 14.8 Å². The van der Waals surface area contributed by atoms with Gasteiger partial charge in [-0.25, -0.2) is 0 Å². The van der Waals surface area contributed by atoms with Gasteiger partial charge in [-0.05, 0) is 50.7 Å². The lowest BCUT2D eigenvalue weighted by Crippen LogP contribution is -2.59. The highest BCUT2D eigenvalue weighted by Crippen LogP contribution is 2.39. The number of benzene rings is 1. The predicted octanol–water partition coefficient (Wildman–Crippen LogP) is 3.76. The van der Waals surface area contributed by atoms with Crippen LogP contribution in [-0.2, 0) is 0 Å². The second kappa shape index (κ2) is 8.09. The van der Waals surface area contributed by atoms with Crippen molar-refractivity contribution in [3.05, 3.63) is 23.8 Å². The van der Waals surface area contributed by atoms with Crippen molar-refractivity contribution < 1.29 is 14.3 Å². The second-order valence-corrected chi connectivity index (χ2v) is 8.37. The number of rotatable bonds is 5. The smallest absolute Gasteiger partial charge is 0.251 e. The molecule has 0 spiro atoms. The standard InChI is InChI=1S/C22H32N2O3/c1-26-20-10-15(11-21(14-20)27-2)22(25)23-16-12-18-8-5-9-19(13-16)24(18)17-6-3-4-7-17/h10-11,14,16-19H,3-9,12-13H2,1-2H3,(H,23,25)/t16?,18-,19+. The van der Waals surface area contributed by atoms with E-state index in [1.165, 1.54) is 44.9 Å². The van der Waals surface area contributed by atoms with Crippen LogP contribution >= 0.6 is 0 Å². The number of methoxy groups -OCH3 is 2. The summed E-state index contributed by atoms with van der Waals surface area (Å²) in [4.78, 5) is 15.7. The van der Waals surface area contributed by atoms with Crippen LogP contribution in [0.5, 0.6) is 11.5 Å². The maximum absolute atomic E-state index is 12.9. The van der Waals surface area contributed by atoms with Gasteiger partial charge in [-0.3, -0.25) is 9.69 Å². The van der Waals surface area contributed by atoms with Crippen LogP contribution in [0.2, 0.25) is 0 Å². The Labute approximate surface area is 162 Å². The average molecular weight is 373 g/mol. The molecule has 148 valence electrons. The number of hydrogen-bond acceptors (Lipinski definition) is 4. The monoisotopic (exact) mass is 372 g/mol. The minimum atomic E-state index is -0.0235. The molecule has 5 nitrogen and oxygen atoms in total. The molecule has 1 aromatic carbocycles. The van der Waals surface area contributed by atoms with Gasteiger partial charge in [0.15, 0.2) is 0 Å². The Morgan fingerprint density at radius 2 is 1.44 bits per heavy atom. The van der Waals surface area contributed by atoms with Crippen molar-refractivity contribution in [3.63, 3.8) is 0 Å². The summed E-state index contributed by atoms with van der Waals surface area (Å²) in [6.45, 7) is 0. The third kappa shape index (κ3) is 3.93. The SMILES string of the molecule is COc1cc(OC)cc(C(=O)NC2C[C@H]3CCC[C@@H](C2)N3C2CCCC2)c1. The maximum atomic E-state index is 12.9. The fourth-order valence-electron chi connectivity index (χ4n) is 5.54. The first-order chi connectivity index (χ1) is 13.2. The van der Waals surface area contributed by atoms with Gasteiger partial charge in [-0.1, -0.05) is 19.3 Å². The highest BCUT2D eigenvalue weighted by molar-refractivity contribution is 5.95. The van der Waals surface area contributed by atoms with E-state index in [1.54, 1.807) is 32.4 Å². The Hall–Kier alpha value is -1.75. The minimum absolute atomic E-state index is 0.0235. The lowest BCUT2D eigenvalue weighted by atomic mass is 9.80. The van der Waals surface area contributed by atoms with Gasteiger partial charge in [0.25, 0.3) is 5.91 Å². The van der Waals surface area contributed by atoms with Crippen molar-refractivity contribution in [1.29, 1.82) is 0 Å². The number of carbonyl (C=O) groups is 1. The third-order valence-electron chi connectivity index (χ3n) is 6.73. The van der Waals surface area contributed by atoms with Gasteiger partial charge in [-0.2, -0.15) is 0 Å². The van der Waals surface area contributed by atoms with E-state index in [1.807, 2.05) is 0 Å². The Kier molecular flexibility index (Phi) is 5.58. The summed E-state index contributed by atoms with van der Waals surface area (Å²) in [5.74, 6) is 1.27.